The molecule has 0 rings (SSSR count). The van der Waals surface area contributed by atoms with Crippen molar-refractivity contribution in [2.75, 3.05) is 13.1 Å². The number of hydrogen-bond acceptors (Lipinski definition) is 1. The second-order valence-electron chi connectivity index (χ2n) is 7.30. The molecule has 0 N–H and O–H groups in total. The van der Waals surface area contributed by atoms with Crippen molar-refractivity contribution in [3.63, 3.8) is 0 Å². The standard InChI is InChI=1S/C22H42N2/c1-9-16-24(17-14-19(6)11-3)22(21(8)20(7)12-4)23-15-13-18(5)10-2/h13,15,18-20H,8-12,14,16-17H2,1-7H3/b15-13-,23-22?. The van der Waals surface area contributed by atoms with Crippen LogP contribution in [-0.4, -0.2) is 23.8 Å². The number of nitrogens with zero attached hydrogens (tertiary/aromatic N) is 2. The first kappa shape index (κ1) is 22.9. The summed E-state index contributed by atoms with van der Waals surface area (Å²) in [4.78, 5) is 7.33. The van der Waals surface area contributed by atoms with Gasteiger partial charge in [-0.3, -0.25) is 0 Å². The fourth-order valence-electron chi connectivity index (χ4n) is 2.40. The van der Waals surface area contributed by atoms with E-state index in [0.29, 0.717) is 11.8 Å². The smallest absolute Gasteiger partial charge is 0.131 e. The summed E-state index contributed by atoms with van der Waals surface area (Å²) in [5.41, 5.74) is 1.18. The van der Waals surface area contributed by atoms with Gasteiger partial charge in [0, 0.05) is 19.3 Å². The molecule has 3 unspecified atom stereocenters. The zero-order valence-electron chi connectivity index (χ0n) is 17.4. The van der Waals surface area contributed by atoms with E-state index >= 15 is 0 Å². The average molecular weight is 335 g/mol. The van der Waals surface area contributed by atoms with E-state index in [2.05, 4.69) is 66.0 Å². The molecular formula is C22H42N2. The van der Waals surface area contributed by atoms with E-state index in [-0.39, 0.29) is 0 Å². The molecule has 24 heavy (non-hydrogen) atoms. The fraction of sp³-hybridized carbons (Fsp3) is 0.773. The molecule has 0 aliphatic rings. The van der Waals surface area contributed by atoms with E-state index in [9.17, 15) is 0 Å². The Morgan fingerprint density at radius 1 is 1.00 bits per heavy atom. The Kier molecular flexibility index (Phi) is 12.7. The molecule has 0 heterocycles. The van der Waals surface area contributed by atoms with Crippen LogP contribution in [0, 0.1) is 17.8 Å². The molecule has 0 saturated heterocycles. The van der Waals surface area contributed by atoms with Gasteiger partial charge in [-0.15, -0.1) is 0 Å². The van der Waals surface area contributed by atoms with Crippen molar-refractivity contribution >= 4 is 5.84 Å². The van der Waals surface area contributed by atoms with Crippen LogP contribution >= 0.6 is 0 Å². The highest BCUT2D eigenvalue weighted by Crippen LogP contribution is 2.19. The van der Waals surface area contributed by atoms with Crippen molar-refractivity contribution in [2.24, 2.45) is 22.7 Å². The van der Waals surface area contributed by atoms with Crippen LogP contribution in [-0.2, 0) is 0 Å². The van der Waals surface area contributed by atoms with Gasteiger partial charge in [0.15, 0.2) is 0 Å². The first-order chi connectivity index (χ1) is 11.4. The van der Waals surface area contributed by atoms with Crippen LogP contribution in [0.4, 0.5) is 0 Å². The molecule has 0 aliphatic heterocycles. The lowest BCUT2D eigenvalue weighted by Crippen LogP contribution is -2.35. The Morgan fingerprint density at radius 3 is 2.17 bits per heavy atom. The molecule has 0 bridgehead atoms. The highest BCUT2D eigenvalue weighted by atomic mass is 15.2. The Morgan fingerprint density at radius 2 is 1.67 bits per heavy atom. The summed E-state index contributed by atoms with van der Waals surface area (Å²) in [5.74, 6) is 2.92. The van der Waals surface area contributed by atoms with Crippen molar-refractivity contribution in [2.45, 2.75) is 80.6 Å². The first-order valence-corrected chi connectivity index (χ1v) is 10.1. The summed E-state index contributed by atoms with van der Waals surface area (Å²) in [6.07, 6.45) is 10.1. The summed E-state index contributed by atoms with van der Waals surface area (Å²) in [6.45, 7) is 22.3. The number of hydrogen-bond donors (Lipinski definition) is 0. The van der Waals surface area contributed by atoms with E-state index in [1.807, 2.05) is 6.20 Å². The van der Waals surface area contributed by atoms with Gasteiger partial charge in [0.05, 0.1) is 0 Å². The van der Waals surface area contributed by atoms with Crippen molar-refractivity contribution < 1.29 is 0 Å². The first-order valence-electron chi connectivity index (χ1n) is 10.1. The van der Waals surface area contributed by atoms with Gasteiger partial charge >= 0.3 is 0 Å². The molecule has 2 heteroatoms. The van der Waals surface area contributed by atoms with Crippen LogP contribution in [0.2, 0.25) is 0 Å². The Hall–Kier alpha value is -1.05. The van der Waals surface area contributed by atoms with Gasteiger partial charge in [0.2, 0.25) is 0 Å². The number of rotatable bonds is 12. The van der Waals surface area contributed by atoms with Gasteiger partial charge in [-0.05, 0) is 42.6 Å². The van der Waals surface area contributed by atoms with Crippen LogP contribution in [0.5, 0.6) is 0 Å². The van der Waals surface area contributed by atoms with E-state index in [1.165, 1.54) is 18.4 Å². The zero-order chi connectivity index (χ0) is 18.5. The highest BCUT2D eigenvalue weighted by Gasteiger charge is 2.18. The van der Waals surface area contributed by atoms with Crippen LogP contribution in [0.1, 0.15) is 80.6 Å². The predicted octanol–water partition coefficient (Wildman–Crippen LogP) is 6.70. The van der Waals surface area contributed by atoms with E-state index in [0.717, 1.165) is 44.1 Å². The van der Waals surface area contributed by atoms with Crippen molar-refractivity contribution in [1.82, 2.24) is 4.90 Å². The Bertz CT molecular complexity index is 395. The normalized spacial score (nSPS) is 16.2. The molecule has 0 radical (unpaired) electrons. The van der Waals surface area contributed by atoms with E-state index in [1.54, 1.807) is 0 Å². The molecule has 2 nitrogen and oxygen atoms in total. The SMILES string of the molecule is C=C(C(=N/C=C\C(C)CC)N(CCC)CCC(C)CC)C(C)CC. The van der Waals surface area contributed by atoms with Gasteiger partial charge in [0.25, 0.3) is 0 Å². The molecule has 0 amide bonds. The van der Waals surface area contributed by atoms with Gasteiger partial charge in [-0.1, -0.05) is 74.0 Å². The van der Waals surface area contributed by atoms with Crippen LogP contribution in [0.15, 0.2) is 29.4 Å². The third-order valence-electron chi connectivity index (χ3n) is 5.13. The maximum Gasteiger partial charge on any atom is 0.131 e. The molecule has 0 aromatic heterocycles. The van der Waals surface area contributed by atoms with Crippen LogP contribution < -0.4 is 0 Å². The number of amidine groups is 1. The van der Waals surface area contributed by atoms with Gasteiger partial charge < -0.3 is 4.90 Å². The Balaban J connectivity index is 5.37. The average Bonchev–Trinajstić information content (AvgIpc) is 2.60. The second kappa shape index (κ2) is 13.3. The van der Waals surface area contributed by atoms with Crippen LogP contribution in [0.25, 0.3) is 0 Å². The largest absolute Gasteiger partial charge is 0.356 e. The third-order valence-corrected chi connectivity index (χ3v) is 5.13. The van der Waals surface area contributed by atoms with Crippen molar-refractivity contribution in [3.8, 4) is 0 Å². The maximum atomic E-state index is 4.87. The fourth-order valence-corrected chi connectivity index (χ4v) is 2.40. The topological polar surface area (TPSA) is 15.6 Å². The molecule has 0 spiro atoms. The quantitative estimate of drug-likeness (QED) is 0.286. The molecule has 0 aromatic rings. The lowest BCUT2D eigenvalue weighted by atomic mass is 9.97. The third kappa shape index (κ3) is 8.70. The van der Waals surface area contributed by atoms with E-state index < -0.39 is 0 Å². The van der Waals surface area contributed by atoms with Crippen molar-refractivity contribution in [1.29, 1.82) is 0 Å². The minimum absolute atomic E-state index is 0.476. The van der Waals surface area contributed by atoms with Crippen LogP contribution in [0.3, 0.4) is 0 Å². The summed E-state index contributed by atoms with van der Waals surface area (Å²) < 4.78 is 0. The molecule has 140 valence electrons. The van der Waals surface area contributed by atoms with Gasteiger partial charge in [-0.2, -0.15) is 0 Å². The molecule has 0 saturated carbocycles. The molecule has 0 fully saturated rings. The molecule has 0 aromatic carbocycles. The summed E-state index contributed by atoms with van der Waals surface area (Å²) >= 11 is 0. The molecular weight excluding hydrogens is 292 g/mol. The van der Waals surface area contributed by atoms with E-state index in [4.69, 9.17) is 4.99 Å². The lowest BCUT2D eigenvalue weighted by molar-refractivity contribution is 0.364. The number of aliphatic imine (C=N–C) groups is 1. The molecule has 3 atom stereocenters. The number of allylic oxidation sites excluding steroid dienone is 1. The monoisotopic (exact) mass is 334 g/mol. The zero-order valence-corrected chi connectivity index (χ0v) is 17.4. The second-order valence-corrected chi connectivity index (χ2v) is 7.30. The van der Waals surface area contributed by atoms with Gasteiger partial charge in [0.1, 0.15) is 5.84 Å². The molecule has 0 aliphatic carbocycles. The maximum absolute atomic E-state index is 4.87. The predicted molar refractivity (Wildman–Crippen MR) is 111 cm³/mol. The Labute approximate surface area is 152 Å². The minimum Gasteiger partial charge on any atom is -0.356 e. The lowest BCUT2D eigenvalue weighted by Gasteiger charge is -2.29. The summed E-state index contributed by atoms with van der Waals surface area (Å²) in [7, 11) is 0. The summed E-state index contributed by atoms with van der Waals surface area (Å²) in [6, 6.07) is 0. The van der Waals surface area contributed by atoms with Gasteiger partial charge in [-0.25, -0.2) is 4.99 Å². The van der Waals surface area contributed by atoms with Crippen molar-refractivity contribution in [3.05, 3.63) is 24.4 Å². The highest BCUT2D eigenvalue weighted by molar-refractivity contribution is 5.98. The summed E-state index contributed by atoms with van der Waals surface area (Å²) in [5, 5.41) is 0. The minimum atomic E-state index is 0.476.